The maximum atomic E-state index is 11.6. The van der Waals surface area contributed by atoms with E-state index in [-0.39, 0.29) is 10.8 Å². The largest absolute Gasteiger partial charge is 0.494 e. The lowest BCUT2D eigenvalue weighted by atomic mass is 10.2. The van der Waals surface area contributed by atoms with Crippen LogP contribution in [0.2, 0.25) is 5.28 Å². The van der Waals surface area contributed by atoms with Gasteiger partial charge in [0, 0.05) is 4.47 Å². The molecule has 6 heteroatoms. The monoisotopic (exact) mass is 288 g/mol. The van der Waals surface area contributed by atoms with Gasteiger partial charge in [0.1, 0.15) is 11.3 Å². The lowest BCUT2D eigenvalue weighted by Gasteiger charge is -2.05. The van der Waals surface area contributed by atoms with Crippen molar-refractivity contribution in [3.63, 3.8) is 0 Å². The molecule has 1 aromatic heterocycles. The van der Waals surface area contributed by atoms with E-state index in [0.29, 0.717) is 21.1 Å². The molecule has 2 aromatic rings. The summed E-state index contributed by atoms with van der Waals surface area (Å²) < 4.78 is 5.75. The van der Waals surface area contributed by atoms with E-state index in [0.717, 1.165) is 0 Å². The predicted octanol–water partition coefficient (Wildman–Crippen LogP) is 2.35. The maximum absolute atomic E-state index is 11.6. The molecule has 2 rings (SSSR count). The summed E-state index contributed by atoms with van der Waals surface area (Å²) in [5.41, 5.74) is 0.149. The number of methoxy groups -OCH3 is 1. The van der Waals surface area contributed by atoms with Crippen LogP contribution in [0.25, 0.3) is 10.9 Å². The Hall–Kier alpha value is -1.07. The van der Waals surface area contributed by atoms with Crippen LogP contribution in [0.1, 0.15) is 0 Å². The summed E-state index contributed by atoms with van der Waals surface area (Å²) in [5, 5.41) is 0.475. The SMILES string of the molecule is COc1ccc(Br)c2c(=O)[nH]c(Cl)nc12. The molecular formula is C9H6BrClN2O2. The van der Waals surface area contributed by atoms with Crippen molar-refractivity contribution in [2.45, 2.75) is 0 Å². The molecule has 0 saturated carbocycles. The fourth-order valence-corrected chi connectivity index (χ4v) is 1.99. The van der Waals surface area contributed by atoms with Gasteiger partial charge in [-0.25, -0.2) is 4.98 Å². The summed E-state index contributed by atoms with van der Waals surface area (Å²) >= 11 is 8.94. The quantitative estimate of drug-likeness (QED) is 0.820. The Kier molecular flexibility index (Phi) is 2.67. The molecule has 0 aliphatic heterocycles. The van der Waals surface area contributed by atoms with Crippen LogP contribution in [0.15, 0.2) is 21.4 Å². The van der Waals surface area contributed by atoms with Crippen molar-refractivity contribution in [2.24, 2.45) is 0 Å². The van der Waals surface area contributed by atoms with E-state index in [1.807, 2.05) is 0 Å². The Morgan fingerprint density at radius 1 is 1.53 bits per heavy atom. The van der Waals surface area contributed by atoms with Gasteiger partial charge in [0.05, 0.1) is 12.5 Å². The van der Waals surface area contributed by atoms with Gasteiger partial charge in [0.25, 0.3) is 5.56 Å². The maximum Gasteiger partial charge on any atom is 0.260 e. The van der Waals surface area contributed by atoms with Crippen LogP contribution in [0, 0.1) is 0 Å². The molecule has 0 bridgehead atoms. The molecule has 0 spiro atoms. The molecule has 0 fully saturated rings. The third kappa shape index (κ3) is 1.72. The van der Waals surface area contributed by atoms with Crippen LogP contribution in [0.3, 0.4) is 0 Å². The van der Waals surface area contributed by atoms with Crippen molar-refractivity contribution >= 4 is 38.4 Å². The fourth-order valence-electron chi connectivity index (χ4n) is 1.32. The van der Waals surface area contributed by atoms with Crippen LogP contribution in [-0.4, -0.2) is 17.1 Å². The average molecular weight is 290 g/mol. The van der Waals surface area contributed by atoms with E-state index in [1.54, 1.807) is 12.1 Å². The average Bonchev–Trinajstić information content (AvgIpc) is 2.17. The summed E-state index contributed by atoms with van der Waals surface area (Å²) in [4.78, 5) is 18.1. The van der Waals surface area contributed by atoms with E-state index in [4.69, 9.17) is 16.3 Å². The van der Waals surface area contributed by atoms with Gasteiger partial charge in [-0.3, -0.25) is 9.78 Å². The Morgan fingerprint density at radius 2 is 2.27 bits per heavy atom. The second-order valence-corrected chi connectivity index (χ2v) is 4.04. The van der Waals surface area contributed by atoms with Crippen LogP contribution >= 0.6 is 27.5 Å². The predicted molar refractivity (Wildman–Crippen MR) is 61.6 cm³/mol. The van der Waals surface area contributed by atoms with Gasteiger partial charge in [0.15, 0.2) is 0 Å². The number of hydrogen-bond acceptors (Lipinski definition) is 3. The van der Waals surface area contributed by atoms with Crippen molar-refractivity contribution in [1.29, 1.82) is 0 Å². The second kappa shape index (κ2) is 3.83. The normalized spacial score (nSPS) is 10.6. The standard InChI is InChI=1S/C9H6BrClN2O2/c1-15-5-3-2-4(10)6-7(5)12-9(11)13-8(6)14/h2-3H,1H3,(H,12,13,14). The van der Waals surface area contributed by atoms with Crippen molar-refractivity contribution in [3.8, 4) is 5.75 Å². The Morgan fingerprint density at radius 3 is 2.93 bits per heavy atom. The van der Waals surface area contributed by atoms with Crippen molar-refractivity contribution in [2.75, 3.05) is 7.11 Å². The number of aromatic amines is 1. The van der Waals surface area contributed by atoms with Crippen LogP contribution in [-0.2, 0) is 0 Å². The number of rotatable bonds is 1. The highest BCUT2D eigenvalue weighted by molar-refractivity contribution is 9.10. The number of nitrogens with zero attached hydrogens (tertiary/aromatic N) is 1. The molecule has 0 aliphatic carbocycles. The molecule has 0 atom stereocenters. The van der Waals surface area contributed by atoms with Gasteiger partial charge in [-0.2, -0.15) is 0 Å². The molecule has 1 heterocycles. The van der Waals surface area contributed by atoms with E-state index in [9.17, 15) is 4.79 Å². The summed E-state index contributed by atoms with van der Waals surface area (Å²) in [6.07, 6.45) is 0. The molecule has 4 nitrogen and oxygen atoms in total. The molecule has 78 valence electrons. The lowest BCUT2D eigenvalue weighted by Crippen LogP contribution is -2.09. The Bertz CT molecular complexity index is 582. The van der Waals surface area contributed by atoms with Gasteiger partial charge in [-0.15, -0.1) is 0 Å². The number of halogens is 2. The topological polar surface area (TPSA) is 55.0 Å². The van der Waals surface area contributed by atoms with Gasteiger partial charge < -0.3 is 4.74 Å². The van der Waals surface area contributed by atoms with Crippen molar-refractivity contribution in [1.82, 2.24) is 9.97 Å². The number of nitrogens with one attached hydrogen (secondary N) is 1. The minimum atomic E-state index is -0.296. The first kappa shape index (κ1) is 10.4. The van der Waals surface area contributed by atoms with Crippen molar-refractivity contribution < 1.29 is 4.74 Å². The van der Waals surface area contributed by atoms with Crippen LogP contribution in [0.4, 0.5) is 0 Å². The first-order valence-corrected chi connectivity index (χ1v) is 5.22. The summed E-state index contributed by atoms with van der Waals surface area (Å²) in [6.45, 7) is 0. The van der Waals surface area contributed by atoms with E-state index in [2.05, 4.69) is 25.9 Å². The molecule has 0 aliphatic rings. The summed E-state index contributed by atoms with van der Waals surface area (Å²) in [5.74, 6) is 0.515. The zero-order valence-electron chi connectivity index (χ0n) is 7.67. The van der Waals surface area contributed by atoms with E-state index in [1.165, 1.54) is 7.11 Å². The minimum absolute atomic E-state index is 0.0453. The van der Waals surface area contributed by atoms with Gasteiger partial charge in [0.2, 0.25) is 5.28 Å². The number of hydrogen-bond donors (Lipinski definition) is 1. The molecular weight excluding hydrogens is 283 g/mol. The van der Waals surface area contributed by atoms with Gasteiger partial charge in [-0.05, 0) is 39.7 Å². The van der Waals surface area contributed by atoms with Crippen molar-refractivity contribution in [3.05, 3.63) is 32.2 Å². The van der Waals surface area contributed by atoms with E-state index < -0.39 is 0 Å². The highest BCUT2D eigenvalue weighted by Gasteiger charge is 2.10. The second-order valence-electron chi connectivity index (χ2n) is 2.83. The summed E-state index contributed by atoms with van der Waals surface area (Å²) in [6, 6.07) is 3.45. The minimum Gasteiger partial charge on any atom is -0.494 e. The molecule has 0 amide bonds. The molecule has 15 heavy (non-hydrogen) atoms. The highest BCUT2D eigenvalue weighted by atomic mass is 79.9. The number of ether oxygens (including phenoxy) is 1. The summed E-state index contributed by atoms with van der Waals surface area (Å²) in [7, 11) is 1.51. The Balaban J connectivity index is 3.00. The number of benzene rings is 1. The highest BCUT2D eigenvalue weighted by Crippen LogP contribution is 2.27. The van der Waals surface area contributed by atoms with Gasteiger partial charge in [-0.1, -0.05) is 0 Å². The fraction of sp³-hybridized carbons (Fsp3) is 0.111. The van der Waals surface area contributed by atoms with Crippen LogP contribution in [0.5, 0.6) is 5.75 Å². The zero-order valence-corrected chi connectivity index (χ0v) is 10.0. The number of aromatic nitrogens is 2. The molecule has 1 N–H and O–H groups in total. The molecule has 1 aromatic carbocycles. The third-order valence-corrected chi connectivity index (χ3v) is 2.80. The number of fused-ring (bicyclic) bond motifs is 1. The van der Waals surface area contributed by atoms with Crippen LogP contribution < -0.4 is 10.3 Å². The first-order valence-electron chi connectivity index (χ1n) is 4.05. The lowest BCUT2D eigenvalue weighted by molar-refractivity contribution is 0.418. The molecule has 0 unspecified atom stereocenters. The van der Waals surface area contributed by atoms with Gasteiger partial charge >= 0.3 is 0 Å². The third-order valence-electron chi connectivity index (χ3n) is 1.96. The number of H-pyrrole nitrogens is 1. The van der Waals surface area contributed by atoms with E-state index >= 15 is 0 Å². The molecule has 0 saturated heterocycles. The first-order chi connectivity index (χ1) is 7.13. The molecule has 0 radical (unpaired) electrons. The zero-order chi connectivity index (χ0) is 11.0. The smallest absolute Gasteiger partial charge is 0.260 e. The Labute approximate surface area is 98.4 Å².